The van der Waals surface area contributed by atoms with Crippen LogP contribution >= 0.6 is 23.2 Å². The third-order valence-electron chi connectivity index (χ3n) is 5.88. The molecule has 1 N–H and O–H groups in total. The lowest BCUT2D eigenvalue weighted by molar-refractivity contribution is -0.155. The predicted octanol–water partition coefficient (Wildman–Crippen LogP) is 5.26. The summed E-state index contributed by atoms with van der Waals surface area (Å²) < 4.78 is 10.9. The van der Waals surface area contributed by atoms with Crippen LogP contribution in [0.3, 0.4) is 0 Å². The summed E-state index contributed by atoms with van der Waals surface area (Å²) in [5.41, 5.74) is 1.72. The van der Waals surface area contributed by atoms with Gasteiger partial charge in [-0.25, -0.2) is 9.80 Å². The number of hydrogen-bond donors (Lipinski definition) is 1. The van der Waals surface area contributed by atoms with E-state index in [-0.39, 0.29) is 16.5 Å². The van der Waals surface area contributed by atoms with Gasteiger partial charge in [-0.05, 0) is 47.9 Å². The van der Waals surface area contributed by atoms with Crippen LogP contribution < -0.4 is 5.32 Å². The standard InChI is InChI=1S/C27H25Cl2N3O5/c1-16(2)25(30-26(34)19-6-3-4-7-20(19)29)27(35)37-15-24(33)32-22(23-8-5-13-36-23)14-21(31-32)17-9-11-18(28)12-10-17/h3-13,16,22,25H,14-15H2,1-2H3,(H,30,34)/t22?,25-/m0/s1. The summed E-state index contributed by atoms with van der Waals surface area (Å²) >= 11 is 12.1. The van der Waals surface area contributed by atoms with Gasteiger partial charge in [-0.15, -0.1) is 0 Å². The van der Waals surface area contributed by atoms with Gasteiger partial charge in [0.25, 0.3) is 11.8 Å². The average molecular weight is 542 g/mol. The van der Waals surface area contributed by atoms with Crippen molar-refractivity contribution in [3.8, 4) is 0 Å². The molecule has 37 heavy (non-hydrogen) atoms. The number of nitrogens with zero attached hydrogens (tertiary/aromatic N) is 2. The molecule has 1 aromatic heterocycles. The molecule has 2 aromatic carbocycles. The number of furan rings is 1. The number of esters is 1. The molecule has 0 saturated heterocycles. The summed E-state index contributed by atoms with van der Waals surface area (Å²) in [7, 11) is 0. The van der Waals surface area contributed by atoms with Gasteiger partial charge in [0.05, 0.1) is 22.6 Å². The minimum atomic E-state index is -0.982. The lowest BCUT2D eigenvalue weighted by Crippen LogP contribution is -2.46. The molecular formula is C27H25Cl2N3O5. The number of carbonyl (C=O) groups is 3. The number of benzene rings is 2. The van der Waals surface area contributed by atoms with E-state index in [1.807, 2.05) is 12.1 Å². The fraction of sp³-hybridized carbons (Fsp3) is 0.259. The zero-order valence-electron chi connectivity index (χ0n) is 20.2. The molecular weight excluding hydrogens is 517 g/mol. The summed E-state index contributed by atoms with van der Waals surface area (Å²) in [5.74, 6) is -1.52. The molecule has 0 bridgehead atoms. The third kappa shape index (κ3) is 6.21. The molecule has 0 radical (unpaired) electrons. The van der Waals surface area contributed by atoms with Crippen molar-refractivity contribution >= 4 is 46.7 Å². The Labute approximate surface area is 224 Å². The van der Waals surface area contributed by atoms with E-state index in [0.29, 0.717) is 22.9 Å². The maximum absolute atomic E-state index is 13.1. The van der Waals surface area contributed by atoms with Crippen molar-refractivity contribution in [3.63, 3.8) is 0 Å². The Kier molecular flexibility index (Phi) is 8.31. The fourth-order valence-corrected chi connectivity index (χ4v) is 4.26. The van der Waals surface area contributed by atoms with E-state index in [1.54, 1.807) is 62.4 Å². The molecule has 2 amide bonds. The van der Waals surface area contributed by atoms with Crippen molar-refractivity contribution < 1.29 is 23.5 Å². The molecule has 3 aromatic rings. The number of rotatable bonds is 8. The van der Waals surface area contributed by atoms with Crippen LogP contribution in [0.25, 0.3) is 0 Å². The minimum Gasteiger partial charge on any atom is -0.467 e. The summed E-state index contributed by atoms with van der Waals surface area (Å²) in [6.07, 6.45) is 1.94. The SMILES string of the molecule is CC(C)[C@H](NC(=O)c1ccccc1Cl)C(=O)OCC(=O)N1N=C(c2ccc(Cl)cc2)CC1c1ccco1. The van der Waals surface area contributed by atoms with Crippen LogP contribution in [0.1, 0.15) is 48.0 Å². The number of nitrogens with one attached hydrogen (secondary N) is 1. The molecule has 0 saturated carbocycles. The van der Waals surface area contributed by atoms with Gasteiger partial charge in [0.1, 0.15) is 17.8 Å². The van der Waals surface area contributed by atoms with Crippen LogP contribution in [0.4, 0.5) is 0 Å². The van der Waals surface area contributed by atoms with Crippen LogP contribution in [0.15, 0.2) is 76.4 Å². The van der Waals surface area contributed by atoms with Crippen molar-refractivity contribution in [1.29, 1.82) is 0 Å². The van der Waals surface area contributed by atoms with Crippen molar-refractivity contribution in [2.24, 2.45) is 11.0 Å². The van der Waals surface area contributed by atoms with E-state index in [1.165, 1.54) is 11.3 Å². The largest absolute Gasteiger partial charge is 0.467 e. The van der Waals surface area contributed by atoms with Crippen molar-refractivity contribution in [1.82, 2.24) is 10.3 Å². The van der Waals surface area contributed by atoms with Gasteiger partial charge in [-0.1, -0.05) is 61.3 Å². The van der Waals surface area contributed by atoms with Crippen LogP contribution in [-0.2, 0) is 14.3 Å². The second-order valence-electron chi connectivity index (χ2n) is 8.81. The zero-order valence-corrected chi connectivity index (χ0v) is 21.7. The van der Waals surface area contributed by atoms with Crippen LogP contribution in [0.5, 0.6) is 0 Å². The number of hydrazone groups is 1. The Balaban J connectivity index is 1.46. The number of carbonyl (C=O) groups excluding carboxylic acids is 3. The summed E-state index contributed by atoms with van der Waals surface area (Å²) in [6, 6.07) is 15.7. The molecule has 1 aliphatic heterocycles. The molecule has 192 valence electrons. The van der Waals surface area contributed by atoms with Crippen LogP contribution in [0.2, 0.25) is 10.0 Å². The Morgan fingerprint density at radius 3 is 2.46 bits per heavy atom. The molecule has 2 atom stereocenters. The lowest BCUT2D eigenvalue weighted by Gasteiger charge is -2.23. The minimum absolute atomic E-state index is 0.237. The molecule has 1 aliphatic rings. The topological polar surface area (TPSA) is 101 Å². The number of ether oxygens (including phenoxy) is 1. The highest BCUT2D eigenvalue weighted by atomic mass is 35.5. The Hall–Kier alpha value is -3.62. The molecule has 1 unspecified atom stereocenters. The first kappa shape index (κ1) is 26.4. The number of halogens is 2. The smallest absolute Gasteiger partial charge is 0.329 e. The van der Waals surface area contributed by atoms with Gasteiger partial charge in [-0.2, -0.15) is 5.10 Å². The molecule has 0 fully saturated rings. The van der Waals surface area contributed by atoms with Crippen LogP contribution in [-0.4, -0.2) is 41.2 Å². The van der Waals surface area contributed by atoms with Gasteiger partial charge in [0, 0.05) is 11.4 Å². The van der Waals surface area contributed by atoms with Gasteiger partial charge < -0.3 is 14.5 Å². The van der Waals surface area contributed by atoms with E-state index in [4.69, 9.17) is 32.4 Å². The maximum atomic E-state index is 13.1. The van der Waals surface area contributed by atoms with E-state index in [9.17, 15) is 14.4 Å². The molecule has 2 heterocycles. The normalized spacial score (nSPS) is 15.9. The first-order valence-corrected chi connectivity index (χ1v) is 12.4. The first-order chi connectivity index (χ1) is 17.7. The monoisotopic (exact) mass is 541 g/mol. The second-order valence-corrected chi connectivity index (χ2v) is 9.65. The number of amides is 2. The van der Waals surface area contributed by atoms with Crippen molar-refractivity contribution in [2.75, 3.05) is 6.61 Å². The van der Waals surface area contributed by atoms with E-state index >= 15 is 0 Å². The van der Waals surface area contributed by atoms with Gasteiger partial charge in [0.2, 0.25) is 0 Å². The summed E-state index contributed by atoms with van der Waals surface area (Å²) in [5, 5.41) is 9.28. The highest BCUT2D eigenvalue weighted by Gasteiger charge is 2.36. The predicted molar refractivity (Wildman–Crippen MR) is 139 cm³/mol. The number of hydrogen-bond acceptors (Lipinski definition) is 6. The molecule has 4 rings (SSSR count). The van der Waals surface area contributed by atoms with E-state index in [2.05, 4.69) is 10.4 Å². The average Bonchev–Trinajstić information content (AvgIpc) is 3.56. The van der Waals surface area contributed by atoms with Gasteiger partial charge in [0.15, 0.2) is 6.61 Å². The molecule has 8 nitrogen and oxygen atoms in total. The Morgan fingerprint density at radius 1 is 1.08 bits per heavy atom. The van der Waals surface area contributed by atoms with Crippen molar-refractivity contribution in [2.45, 2.75) is 32.4 Å². The fourth-order valence-electron chi connectivity index (χ4n) is 3.91. The second kappa shape index (κ2) is 11.6. The summed E-state index contributed by atoms with van der Waals surface area (Å²) in [6.45, 7) is 2.96. The highest BCUT2D eigenvalue weighted by Crippen LogP contribution is 2.33. The molecule has 0 spiro atoms. The molecule has 0 aliphatic carbocycles. The quantitative estimate of drug-likeness (QED) is 0.392. The van der Waals surface area contributed by atoms with E-state index in [0.717, 1.165) is 5.56 Å². The lowest BCUT2D eigenvalue weighted by atomic mass is 10.0. The highest BCUT2D eigenvalue weighted by molar-refractivity contribution is 6.33. The maximum Gasteiger partial charge on any atom is 0.329 e. The third-order valence-corrected chi connectivity index (χ3v) is 6.46. The van der Waals surface area contributed by atoms with Gasteiger partial charge in [-0.3, -0.25) is 9.59 Å². The van der Waals surface area contributed by atoms with Crippen LogP contribution in [0, 0.1) is 5.92 Å². The zero-order chi connectivity index (χ0) is 26.5. The van der Waals surface area contributed by atoms with Crippen molar-refractivity contribution in [3.05, 3.63) is 93.9 Å². The van der Waals surface area contributed by atoms with E-state index < -0.39 is 36.5 Å². The first-order valence-electron chi connectivity index (χ1n) is 11.7. The van der Waals surface area contributed by atoms with Gasteiger partial charge >= 0.3 is 5.97 Å². The summed E-state index contributed by atoms with van der Waals surface area (Å²) in [4.78, 5) is 38.7. The Morgan fingerprint density at radius 2 is 1.81 bits per heavy atom. The Bertz CT molecular complexity index is 1310. The molecule has 10 heteroatoms.